The molecule has 0 saturated carbocycles. The van der Waals surface area contributed by atoms with Crippen molar-refractivity contribution >= 4 is 29.4 Å². The molecule has 0 radical (unpaired) electrons. The molecule has 2 rings (SSSR count). The van der Waals surface area contributed by atoms with Crippen LogP contribution in [0, 0.1) is 6.92 Å². The van der Waals surface area contributed by atoms with Crippen LogP contribution < -0.4 is 21.7 Å². The number of rotatable bonds is 8. The molecule has 148 valence electrons. The number of aryl methyl sites for hydroxylation is 1. The number of carbonyl (C=O) groups is 3. The van der Waals surface area contributed by atoms with E-state index >= 15 is 0 Å². The molecule has 2 aromatic rings. The Labute approximate surface area is 168 Å². The Morgan fingerprint density at radius 3 is 2.29 bits per heavy atom. The number of halogens is 1. The minimum atomic E-state index is -0.698. The van der Waals surface area contributed by atoms with Gasteiger partial charge >= 0.3 is 6.03 Å². The average Bonchev–Trinajstić information content (AvgIpc) is 2.65. The molecule has 0 saturated heterocycles. The van der Waals surface area contributed by atoms with Crippen LogP contribution in [0.15, 0.2) is 48.5 Å². The van der Waals surface area contributed by atoms with Gasteiger partial charge < -0.3 is 21.7 Å². The van der Waals surface area contributed by atoms with Gasteiger partial charge in [0, 0.05) is 23.7 Å². The average molecular weight is 403 g/mol. The smallest absolute Gasteiger partial charge is 0.312 e. The SMILES string of the molecule is Cc1ccccc1[C@@H](CC(=O)NCCNC(=O)c1ccc(Cl)cc1)NC(N)=O. The molecule has 0 heterocycles. The van der Waals surface area contributed by atoms with Crippen LogP contribution in [0.5, 0.6) is 0 Å². The highest BCUT2D eigenvalue weighted by molar-refractivity contribution is 6.30. The van der Waals surface area contributed by atoms with Gasteiger partial charge in [-0.1, -0.05) is 35.9 Å². The Kier molecular flexibility index (Phi) is 7.83. The van der Waals surface area contributed by atoms with E-state index in [1.54, 1.807) is 24.3 Å². The zero-order valence-electron chi connectivity index (χ0n) is 15.5. The second-order valence-corrected chi connectivity index (χ2v) is 6.67. The van der Waals surface area contributed by atoms with Gasteiger partial charge in [-0.25, -0.2) is 4.79 Å². The summed E-state index contributed by atoms with van der Waals surface area (Å²) in [5.41, 5.74) is 7.50. The first-order valence-electron chi connectivity index (χ1n) is 8.79. The highest BCUT2D eigenvalue weighted by Gasteiger charge is 2.18. The lowest BCUT2D eigenvalue weighted by atomic mass is 9.98. The highest BCUT2D eigenvalue weighted by atomic mass is 35.5. The summed E-state index contributed by atoms with van der Waals surface area (Å²) in [5, 5.41) is 8.59. The topological polar surface area (TPSA) is 113 Å². The van der Waals surface area contributed by atoms with E-state index in [1.165, 1.54) is 0 Å². The number of primary amides is 1. The number of nitrogens with one attached hydrogen (secondary N) is 3. The summed E-state index contributed by atoms with van der Waals surface area (Å²) in [6, 6.07) is 12.7. The van der Waals surface area contributed by atoms with Gasteiger partial charge in [-0.05, 0) is 42.3 Å². The second-order valence-electron chi connectivity index (χ2n) is 6.23. The molecule has 8 heteroatoms. The number of hydrogen-bond acceptors (Lipinski definition) is 3. The molecule has 0 aliphatic carbocycles. The van der Waals surface area contributed by atoms with Gasteiger partial charge in [0.15, 0.2) is 0 Å². The zero-order valence-corrected chi connectivity index (χ0v) is 16.3. The fourth-order valence-electron chi connectivity index (χ4n) is 2.73. The van der Waals surface area contributed by atoms with Crippen LogP contribution in [-0.4, -0.2) is 30.9 Å². The maximum absolute atomic E-state index is 12.2. The Morgan fingerprint density at radius 2 is 1.64 bits per heavy atom. The molecule has 0 fully saturated rings. The molecule has 5 N–H and O–H groups in total. The van der Waals surface area contributed by atoms with Crippen molar-refractivity contribution in [3.63, 3.8) is 0 Å². The maximum Gasteiger partial charge on any atom is 0.312 e. The van der Waals surface area contributed by atoms with Gasteiger partial charge in [0.1, 0.15) is 0 Å². The third-order valence-electron chi connectivity index (χ3n) is 4.11. The Bertz CT molecular complexity index is 840. The highest BCUT2D eigenvalue weighted by Crippen LogP contribution is 2.20. The number of carbonyl (C=O) groups excluding carboxylic acids is 3. The fraction of sp³-hybridized carbons (Fsp3) is 0.250. The second kappa shape index (κ2) is 10.3. The van der Waals surface area contributed by atoms with Crippen molar-refractivity contribution in [2.24, 2.45) is 5.73 Å². The maximum atomic E-state index is 12.2. The van der Waals surface area contributed by atoms with Crippen LogP contribution in [0.4, 0.5) is 4.79 Å². The quantitative estimate of drug-likeness (QED) is 0.508. The molecule has 0 aromatic heterocycles. The van der Waals surface area contributed by atoms with Crippen molar-refractivity contribution in [2.45, 2.75) is 19.4 Å². The van der Waals surface area contributed by atoms with Crippen molar-refractivity contribution in [1.82, 2.24) is 16.0 Å². The van der Waals surface area contributed by atoms with Crippen molar-refractivity contribution in [2.75, 3.05) is 13.1 Å². The molecule has 0 aliphatic rings. The summed E-state index contributed by atoms with van der Waals surface area (Å²) in [7, 11) is 0. The summed E-state index contributed by atoms with van der Waals surface area (Å²) >= 11 is 5.79. The van der Waals surface area contributed by atoms with Crippen LogP contribution in [-0.2, 0) is 4.79 Å². The van der Waals surface area contributed by atoms with E-state index in [2.05, 4.69) is 16.0 Å². The molecule has 2 aromatic carbocycles. The molecule has 0 unspecified atom stereocenters. The van der Waals surface area contributed by atoms with Gasteiger partial charge in [-0.15, -0.1) is 0 Å². The van der Waals surface area contributed by atoms with E-state index in [-0.39, 0.29) is 31.3 Å². The minimum absolute atomic E-state index is 0.0406. The molecule has 0 aliphatic heterocycles. The van der Waals surface area contributed by atoms with Crippen molar-refractivity contribution < 1.29 is 14.4 Å². The molecule has 28 heavy (non-hydrogen) atoms. The van der Waals surface area contributed by atoms with Gasteiger partial charge in [0.2, 0.25) is 5.91 Å². The summed E-state index contributed by atoms with van der Waals surface area (Å²) in [6.07, 6.45) is 0.0406. The largest absolute Gasteiger partial charge is 0.354 e. The lowest BCUT2D eigenvalue weighted by molar-refractivity contribution is -0.121. The van der Waals surface area contributed by atoms with Crippen LogP contribution in [0.3, 0.4) is 0 Å². The number of nitrogens with two attached hydrogens (primary N) is 1. The third kappa shape index (κ3) is 6.59. The van der Waals surface area contributed by atoms with Crippen LogP contribution >= 0.6 is 11.6 Å². The van der Waals surface area contributed by atoms with E-state index in [0.29, 0.717) is 10.6 Å². The van der Waals surface area contributed by atoms with Crippen molar-refractivity contribution in [3.8, 4) is 0 Å². The van der Waals surface area contributed by atoms with E-state index in [0.717, 1.165) is 11.1 Å². The van der Waals surface area contributed by atoms with E-state index in [4.69, 9.17) is 17.3 Å². The summed E-state index contributed by atoms with van der Waals surface area (Å²) in [5.74, 6) is -0.512. The van der Waals surface area contributed by atoms with Crippen molar-refractivity contribution in [3.05, 3.63) is 70.2 Å². The van der Waals surface area contributed by atoms with Crippen molar-refractivity contribution in [1.29, 1.82) is 0 Å². The predicted molar refractivity (Wildman–Crippen MR) is 108 cm³/mol. The monoisotopic (exact) mass is 402 g/mol. The first-order valence-corrected chi connectivity index (χ1v) is 9.16. The Morgan fingerprint density at radius 1 is 1.00 bits per heavy atom. The molecular weight excluding hydrogens is 380 g/mol. The molecule has 4 amide bonds. The first-order chi connectivity index (χ1) is 13.4. The Hall–Kier alpha value is -3.06. The Balaban J connectivity index is 1.82. The normalized spacial score (nSPS) is 11.4. The number of hydrogen-bond donors (Lipinski definition) is 4. The first kappa shape index (κ1) is 21.2. The fourth-order valence-corrected chi connectivity index (χ4v) is 2.85. The van der Waals surface area contributed by atoms with E-state index < -0.39 is 12.1 Å². The molecule has 7 nitrogen and oxygen atoms in total. The van der Waals surface area contributed by atoms with Gasteiger partial charge in [0.25, 0.3) is 5.91 Å². The number of benzene rings is 2. The van der Waals surface area contributed by atoms with Gasteiger partial charge in [-0.2, -0.15) is 0 Å². The molecule has 1 atom stereocenters. The third-order valence-corrected chi connectivity index (χ3v) is 4.36. The van der Waals surface area contributed by atoms with E-state index in [1.807, 2.05) is 31.2 Å². The van der Waals surface area contributed by atoms with Crippen LogP contribution in [0.2, 0.25) is 5.02 Å². The predicted octanol–water partition coefficient (Wildman–Crippen LogP) is 2.29. The standard InChI is InChI=1S/C20H23ClN4O3/c1-13-4-2-3-5-16(13)17(25-20(22)28)12-18(26)23-10-11-24-19(27)14-6-8-15(21)9-7-14/h2-9,17H,10-12H2,1H3,(H,23,26)(H,24,27)(H3,22,25,28)/t17-/m1/s1. The molecule has 0 spiro atoms. The number of amides is 4. The molecular formula is C20H23ClN4O3. The van der Waals surface area contributed by atoms with Crippen LogP contribution in [0.1, 0.15) is 33.9 Å². The summed E-state index contributed by atoms with van der Waals surface area (Å²) in [6.45, 7) is 2.43. The van der Waals surface area contributed by atoms with Gasteiger partial charge in [0.05, 0.1) is 12.5 Å². The lowest BCUT2D eigenvalue weighted by Gasteiger charge is -2.19. The minimum Gasteiger partial charge on any atom is -0.354 e. The summed E-state index contributed by atoms with van der Waals surface area (Å²) in [4.78, 5) is 35.5. The zero-order chi connectivity index (χ0) is 20.5. The lowest BCUT2D eigenvalue weighted by Crippen LogP contribution is -2.39. The van der Waals surface area contributed by atoms with Crippen LogP contribution in [0.25, 0.3) is 0 Å². The summed E-state index contributed by atoms with van der Waals surface area (Å²) < 4.78 is 0. The number of urea groups is 1. The molecule has 0 bridgehead atoms. The van der Waals surface area contributed by atoms with Gasteiger partial charge in [-0.3, -0.25) is 9.59 Å². The van der Waals surface area contributed by atoms with E-state index in [9.17, 15) is 14.4 Å².